The molecule has 0 saturated carbocycles. The number of hydrogen-bond donors (Lipinski definition) is 2. The number of hydrogen-bond acceptors (Lipinski definition) is 3. The molecule has 0 aliphatic rings. The van der Waals surface area contributed by atoms with Crippen molar-refractivity contribution in [3.63, 3.8) is 0 Å². The van der Waals surface area contributed by atoms with E-state index in [1.807, 2.05) is 42.6 Å². The van der Waals surface area contributed by atoms with Gasteiger partial charge in [-0.15, -0.1) is 0 Å². The Kier molecular flexibility index (Phi) is 4.11. The molecule has 0 aliphatic heterocycles. The van der Waals surface area contributed by atoms with Crippen molar-refractivity contribution in [1.82, 2.24) is 25.1 Å². The number of nitrogens with zero attached hydrogens (tertiary/aromatic N) is 3. The van der Waals surface area contributed by atoms with E-state index in [0.717, 1.165) is 55.4 Å². The van der Waals surface area contributed by atoms with E-state index in [4.69, 9.17) is 4.98 Å². The molecule has 0 amide bonds. The molecule has 6 aromatic rings. The molecule has 2 N–H and O–H groups in total. The molecule has 0 radical (unpaired) electrons. The molecule has 0 bridgehead atoms. The Balaban J connectivity index is 1.52. The van der Waals surface area contributed by atoms with Gasteiger partial charge in [-0.25, -0.2) is 9.37 Å². The maximum Gasteiger partial charge on any atom is 0.159 e. The van der Waals surface area contributed by atoms with Crippen molar-refractivity contribution in [2.75, 3.05) is 0 Å². The first-order valence-corrected chi connectivity index (χ1v) is 10.3. The fraction of sp³-hybridized carbons (Fsp3) is 0.0385. The lowest BCUT2D eigenvalue weighted by Crippen LogP contribution is -1.86. The molecular weight excluding hydrogens is 401 g/mol. The summed E-state index contributed by atoms with van der Waals surface area (Å²) < 4.78 is 13.8. The molecule has 0 saturated heterocycles. The normalized spacial score (nSPS) is 11.4. The van der Waals surface area contributed by atoms with E-state index in [9.17, 15) is 4.39 Å². The lowest BCUT2D eigenvalue weighted by molar-refractivity contribution is 0.628. The fourth-order valence-corrected chi connectivity index (χ4v) is 4.16. The monoisotopic (exact) mass is 419 g/mol. The van der Waals surface area contributed by atoms with Crippen LogP contribution >= 0.6 is 0 Å². The molecule has 0 atom stereocenters. The first kappa shape index (κ1) is 18.4. The van der Waals surface area contributed by atoms with Crippen LogP contribution in [0.25, 0.3) is 55.7 Å². The summed E-state index contributed by atoms with van der Waals surface area (Å²) in [4.78, 5) is 12.5. The highest BCUT2D eigenvalue weighted by atomic mass is 19.1. The van der Waals surface area contributed by atoms with E-state index in [-0.39, 0.29) is 5.82 Å². The van der Waals surface area contributed by atoms with E-state index < -0.39 is 0 Å². The summed E-state index contributed by atoms with van der Waals surface area (Å²) in [6, 6.07) is 20.6. The van der Waals surface area contributed by atoms with Crippen molar-refractivity contribution in [1.29, 1.82) is 0 Å². The molecule has 6 rings (SSSR count). The third-order valence-electron chi connectivity index (χ3n) is 5.79. The summed E-state index contributed by atoms with van der Waals surface area (Å²) in [5.74, 6) is 0.391. The van der Waals surface area contributed by atoms with Gasteiger partial charge >= 0.3 is 0 Å². The summed E-state index contributed by atoms with van der Waals surface area (Å²) in [5.41, 5.74) is 8.29. The highest BCUT2D eigenvalue weighted by Gasteiger charge is 2.16. The van der Waals surface area contributed by atoms with Crippen LogP contribution in [-0.4, -0.2) is 25.1 Å². The summed E-state index contributed by atoms with van der Waals surface area (Å²) in [6.45, 7) is 2.07. The second-order valence-corrected chi connectivity index (χ2v) is 7.82. The Morgan fingerprint density at radius 1 is 0.844 bits per heavy atom. The molecular formula is C26H18FN5. The van der Waals surface area contributed by atoms with Crippen LogP contribution in [0.4, 0.5) is 4.39 Å². The van der Waals surface area contributed by atoms with E-state index in [1.54, 1.807) is 12.3 Å². The Labute approximate surface area is 183 Å². The minimum atomic E-state index is -0.271. The number of aryl methyl sites for hydroxylation is 1. The first-order valence-electron chi connectivity index (χ1n) is 10.3. The van der Waals surface area contributed by atoms with Crippen LogP contribution in [0.5, 0.6) is 0 Å². The lowest BCUT2D eigenvalue weighted by atomic mass is 10.0. The van der Waals surface area contributed by atoms with Gasteiger partial charge in [0.2, 0.25) is 0 Å². The predicted molar refractivity (Wildman–Crippen MR) is 125 cm³/mol. The molecule has 154 valence electrons. The van der Waals surface area contributed by atoms with Crippen LogP contribution in [0.1, 0.15) is 5.56 Å². The van der Waals surface area contributed by atoms with Crippen LogP contribution in [0.2, 0.25) is 0 Å². The van der Waals surface area contributed by atoms with E-state index in [1.165, 1.54) is 12.1 Å². The second kappa shape index (κ2) is 7.13. The summed E-state index contributed by atoms with van der Waals surface area (Å²) in [7, 11) is 0. The van der Waals surface area contributed by atoms with Gasteiger partial charge in [-0.2, -0.15) is 5.10 Å². The number of fused-ring (bicyclic) bond motifs is 2. The molecule has 3 aromatic heterocycles. The summed E-state index contributed by atoms with van der Waals surface area (Å²) in [6.07, 6.45) is 3.67. The zero-order valence-electron chi connectivity index (χ0n) is 17.2. The Bertz CT molecular complexity index is 1610. The van der Waals surface area contributed by atoms with Gasteiger partial charge in [-0.3, -0.25) is 10.1 Å². The minimum absolute atomic E-state index is 0.271. The van der Waals surface area contributed by atoms with Gasteiger partial charge < -0.3 is 4.98 Å². The highest BCUT2D eigenvalue weighted by Crippen LogP contribution is 2.33. The molecule has 0 unspecified atom stereocenters. The average molecular weight is 419 g/mol. The van der Waals surface area contributed by atoms with Crippen molar-refractivity contribution in [3.05, 3.63) is 90.5 Å². The average Bonchev–Trinajstić information content (AvgIpc) is 3.42. The smallest absolute Gasteiger partial charge is 0.159 e. The van der Waals surface area contributed by atoms with Crippen molar-refractivity contribution in [2.45, 2.75) is 6.92 Å². The molecule has 32 heavy (non-hydrogen) atoms. The van der Waals surface area contributed by atoms with Gasteiger partial charge in [-0.05, 0) is 60.0 Å². The quantitative estimate of drug-likeness (QED) is 0.354. The minimum Gasteiger partial charge on any atom is -0.337 e. The van der Waals surface area contributed by atoms with Crippen LogP contribution in [0, 0.1) is 12.7 Å². The summed E-state index contributed by atoms with van der Waals surface area (Å²) in [5, 5.41) is 8.61. The van der Waals surface area contributed by atoms with E-state index >= 15 is 0 Å². The maximum atomic E-state index is 13.8. The van der Waals surface area contributed by atoms with Crippen molar-refractivity contribution >= 4 is 21.9 Å². The van der Waals surface area contributed by atoms with E-state index in [0.29, 0.717) is 5.82 Å². The number of benzene rings is 3. The molecule has 5 nitrogen and oxygen atoms in total. The van der Waals surface area contributed by atoms with Crippen LogP contribution < -0.4 is 0 Å². The predicted octanol–water partition coefficient (Wildman–Crippen LogP) is 6.28. The van der Waals surface area contributed by atoms with Crippen LogP contribution in [0.3, 0.4) is 0 Å². The SMILES string of the molecule is Cc1ccncc1-c1ccc2[nH]nc(-c3nc4c(-c5cccc(F)c5)cccc4[nH]3)c2c1. The number of pyridine rings is 1. The topological polar surface area (TPSA) is 70.2 Å². The first-order chi connectivity index (χ1) is 15.7. The molecule has 6 heteroatoms. The number of halogens is 1. The third-order valence-corrected chi connectivity index (χ3v) is 5.79. The molecule has 0 fully saturated rings. The molecule has 3 aromatic carbocycles. The van der Waals surface area contributed by atoms with Gasteiger partial charge in [-0.1, -0.05) is 30.3 Å². The van der Waals surface area contributed by atoms with Gasteiger partial charge in [0, 0.05) is 28.9 Å². The zero-order valence-corrected chi connectivity index (χ0v) is 17.2. The third kappa shape index (κ3) is 2.96. The van der Waals surface area contributed by atoms with Crippen LogP contribution in [-0.2, 0) is 0 Å². The Hall–Kier alpha value is -4.32. The van der Waals surface area contributed by atoms with Crippen LogP contribution in [0.15, 0.2) is 79.1 Å². The van der Waals surface area contributed by atoms with Gasteiger partial charge in [0.25, 0.3) is 0 Å². The fourth-order valence-electron chi connectivity index (χ4n) is 4.16. The maximum absolute atomic E-state index is 13.8. The Morgan fingerprint density at radius 3 is 2.59 bits per heavy atom. The van der Waals surface area contributed by atoms with Gasteiger partial charge in [0.05, 0.1) is 16.6 Å². The lowest BCUT2D eigenvalue weighted by Gasteiger charge is -2.05. The Morgan fingerprint density at radius 2 is 1.72 bits per heavy atom. The zero-order chi connectivity index (χ0) is 21.7. The number of nitrogens with one attached hydrogen (secondary N) is 2. The van der Waals surface area contributed by atoms with Crippen molar-refractivity contribution < 1.29 is 4.39 Å². The standard InChI is InChI=1S/C26H18FN5/c1-15-10-11-28-14-21(15)17-8-9-22-20(13-17)25(32-31-22)26-29-23-7-3-6-19(24(23)30-26)16-4-2-5-18(27)12-16/h2-14H,1H3,(H,29,30)(H,31,32). The van der Waals surface area contributed by atoms with Crippen molar-refractivity contribution in [3.8, 4) is 33.8 Å². The van der Waals surface area contributed by atoms with E-state index in [2.05, 4.69) is 39.2 Å². The molecule has 0 aliphatic carbocycles. The molecule has 3 heterocycles. The second-order valence-electron chi connectivity index (χ2n) is 7.82. The number of para-hydroxylation sites is 1. The van der Waals surface area contributed by atoms with Crippen molar-refractivity contribution in [2.24, 2.45) is 0 Å². The van der Waals surface area contributed by atoms with Gasteiger partial charge in [0.15, 0.2) is 5.82 Å². The number of aromatic amines is 2. The summed E-state index contributed by atoms with van der Waals surface area (Å²) >= 11 is 0. The number of rotatable bonds is 3. The molecule has 0 spiro atoms. The highest BCUT2D eigenvalue weighted by molar-refractivity contribution is 5.98. The number of H-pyrrole nitrogens is 2. The van der Waals surface area contributed by atoms with Gasteiger partial charge in [0.1, 0.15) is 11.5 Å². The number of imidazole rings is 1. The largest absolute Gasteiger partial charge is 0.337 e. The number of aromatic nitrogens is 5.